The average molecular weight is 55.9 g/mol. The Morgan fingerprint density at radius 1 is 1.50 bits per heavy atom. The van der Waals surface area contributed by atoms with Crippen molar-refractivity contribution in [1.29, 1.82) is 0 Å². The molecule has 4 heavy (non-hydrogen) atoms. The van der Waals surface area contributed by atoms with E-state index >= 15 is 0 Å². The molecule has 0 aromatic carbocycles. The van der Waals surface area contributed by atoms with E-state index in [2.05, 4.69) is 0 Å². The SMILES string of the molecule is B1COC1. The second-order valence-corrected chi connectivity index (χ2v) is 0.966. The van der Waals surface area contributed by atoms with Gasteiger partial charge in [-0.15, -0.1) is 0 Å². The molecule has 1 fully saturated rings. The summed E-state index contributed by atoms with van der Waals surface area (Å²) in [6.07, 6.45) is 0. The van der Waals surface area contributed by atoms with Crippen LogP contribution in [0.25, 0.3) is 0 Å². The maximum Gasteiger partial charge on any atom is 0.185 e. The third-order valence-electron chi connectivity index (χ3n) is 0.577. The summed E-state index contributed by atoms with van der Waals surface area (Å²) in [4.78, 5) is 0. The predicted octanol–water partition coefficient (Wildman–Crippen LogP) is -0.632. The quantitative estimate of drug-likeness (QED) is 0.335. The molecule has 0 aromatic rings. The second-order valence-electron chi connectivity index (χ2n) is 0.966. The standard InChI is InChI=1S/C2H5BO/c1-3-2-4-1/h3H,1-2H2. The van der Waals surface area contributed by atoms with Gasteiger partial charge in [0.05, 0.1) is 0 Å². The summed E-state index contributed by atoms with van der Waals surface area (Å²) in [7, 11) is 1.28. The third-order valence-corrected chi connectivity index (χ3v) is 0.577. The van der Waals surface area contributed by atoms with Crippen molar-refractivity contribution in [3.8, 4) is 0 Å². The highest BCUT2D eigenvalue weighted by molar-refractivity contribution is 6.37. The van der Waals surface area contributed by atoms with E-state index in [4.69, 9.17) is 4.74 Å². The molecule has 22 valence electrons. The zero-order valence-electron chi connectivity index (χ0n) is 2.53. The lowest BCUT2D eigenvalue weighted by Crippen LogP contribution is -2.22. The Bertz CT molecular complexity index is 14.0. The Hall–Kier alpha value is 0.0249. The zero-order chi connectivity index (χ0) is 2.83. The summed E-state index contributed by atoms with van der Waals surface area (Å²) in [5.74, 6) is 0. The molecule has 0 aliphatic carbocycles. The number of hydrogen-bond acceptors (Lipinski definition) is 1. The lowest BCUT2D eigenvalue weighted by Gasteiger charge is -2.07. The smallest absolute Gasteiger partial charge is 0.185 e. The van der Waals surface area contributed by atoms with E-state index in [9.17, 15) is 0 Å². The molecule has 0 amide bonds. The highest BCUT2D eigenvalue weighted by Crippen LogP contribution is 1.79. The van der Waals surface area contributed by atoms with Gasteiger partial charge in [0.25, 0.3) is 0 Å². The summed E-state index contributed by atoms with van der Waals surface area (Å²) in [5, 5.41) is 0. The lowest BCUT2D eigenvalue weighted by atomic mass is 9.77. The van der Waals surface area contributed by atoms with Gasteiger partial charge in [0.1, 0.15) is 0 Å². The molecule has 1 saturated heterocycles. The summed E-state index contributed by atoms with van der Waals surface area (Å²) in [6.45, 7) is 2.00. The molecule has 1 nitrogen and oxygen atoms in total. The van der Waals surface area contributed by atoms with Gasteiger partial charge in [-0.2, -0.15) is 0 Å². The Kier molecular flexibility index (Phi) is 0.435. The van der Waals surface area contributed by atoms with E-state index < -0.39 is 0 Å². The van der Waals surface area contributed by atoms with Gasteiger partial charge in [0.2, 0.25) is 0 Å². The van der Waals surface area contributed by atoms with Gasteiger partial charge in [-0.1, -0.05) is 0 Å². The van der Waals surface area contributed by atoms with Crippen molar-refractivity contribution in [3.05, 3.63) is 0 Å². The van der Waals surface area contributed by atoms with Crippen LogP contribution in [0.2, 0.25) is 0 Å². The van der Waals surface area contributed by atoms with Gasteiger partial charge in [-0.3, -0.25) is 0 Å². The van der Waals surface area contributed by atoms with Crippen LogP contribution >= 0.6 is 0 Å². The molecule has 1 heterocycles. The first-order valence-corrected chi connectivity index (χ1v) is 1.58. The largest absolute Gasteiger partial charge is 0.398 e. The average Bonchev–Trinajstić information content (AvgIpc) is 0.722. The molecule has 1 aliphatic heterocycles. The minimum Gasteiger partial charge on any atom is -0.398 e. The second kappa shape index (κ2) is 0.766. The van der Waals surface area contributed by atoms with Crippen molar-refractivity contribution < 1.29 is 4.74 Å². The third kappa shape index (κ3) is 0.131. The number of hydrogen-bond donors (Lipinski definition) is 0. The van der Waals surface area contributed by atoms with Crippen LogP contribution in [-0.4, -0.2) is 20.3 Å². The molecule has 0 unspecified atom stereocenters. The molecule has 2 heteroatoms. The maximum absolute atomic E-state index is 4.72. The fraction of sp³-hybridized carbons (Fsp3) is 1.00. The van der Waals surface area contributed by atoms with Crippen molar-refractivity contribution in [1.82, 2.24) is 0 Å². The molecule has 0 bridgehead atoms. The van der Waals surface area contributed by atoms with Gasteiger partial charge in [0.15, 0.2) is 7.28 Å². The van der Waals surface area contributed by atoms with E-state index in [0.717, 1.165) is 13.0 Å². The first-order valence-electron chi connectivity index (χ1n) is 1.58. The van der Waals surface area contributed by atoms with E-state index in [1.54, 1.807) is 0 Å². The molecule has 1 aliphatic rings. The summed E-state index contributed by atoms with van der Waals surface area (Å²) < 4.78 is 4.72. The summed E-state index contributed by atoms with van der Waals surface area (Å²) in [5.41, 5.74) is 0. The normalized spacial score (nSPS) is 22.0. The molecule has 0 spiro atoms. The van der Waals surface area contributed by atoms with Crippen LogP contribution in [-0.2, 0) is 4.74 Å². The highest BCUT2D eigenvalue weighted by atomic mass is 16.5. The molecular formula is C2H5BO. The molecule has 1 rings (SSSR count). The molecule has 0 radical (unpaired) electrons. The molecule has 0 saturated carbocycles. The van der Waals surface area contributed by atoms with Crippen LogP contribution in [0.1, 0.15) is 0 Å². The predicted molar refractivity (Wildman–Crippen MR) is 18.0 cm³/mol. The van der Waals surface area contributed by atoms with Gasteiger partial charge in [-0.05, 0) is 0 Å². The Morgan fingerprint density at radius 3 is 1.75 bits per heavy atom. The summed E-state index contributed by atoms with van der Waals surface area (Å²) in [6, 6.07) is 0. The van der Waals surface area contributed by atoms with Gasteiger partial charge >= 0.3 is 0 Å². The van der Waals surface area contributed by atoms with Crippen molar-refractivity contribution in [2.24, 2.45) is 0 Å². The van der Waals surface area contributed by atoms with Gasteiger partial charge < -0.3 is 4.74 Å². The van der Waals surface area contributed by atoms with E-state index in [0.29, 0.717) is 0 Å². The zero-order valence-corrected chi connectivity index (χ0v) is 2.53. The fourth-order valence-corrected chi connectivity index (χ4v) is 0.144. The first kappa shape index (κ1) is 2.27. The molecule has 0 aromatic heterocycles. The Balaban J connectivity index is 2.00. The van der Waals surface area contributed by atoms with Gasteiger partial charge in [0, 0.05) is 13.0 Å². The maximum atomic E-state index is 4.72. The lowest BCUT2D eigenvalue weighted by molar-refractivity contribution is 0.182. The van der Waals surface area contributed by atoms with Crippen LogP contribution in [0.5, 0.6) is 0 Å². The molecule has 0 atom stereocenters. The van der Waals surface area contributed by atoms with Crippen LogP contribution in [0.3, 0.4) is 0 Å². The topological polar surface area (TPSA) is 9.23 Å². The van der Waals surface area contributed by atoms with Crippen molar-refractivity contribution in [2.75, 3.05) is 13.0 Å². The van der Waals surface area contributed by atoms with Crippen LogP contribution in [0, 0.1) is 0 Å². The van der Waals surface area contributed by atoms with Crippen molar-refractivity contribution in [2.45, 2.75) is 0 Å². The minimum absolute atomic E-state index is 1.00. The van der Waals surface area contributed by atoms with Crippen molar-refractivity contribution in [3.63, 3.8) is 0 Å². The Labute approximate surface area is 26.2 Å². The summed E-state index contributed by atoms with van der Waals surface area (Å²) >= 11 is 0. The van der Waals surface area contributed by atoms with E-state index in [1.165, 1.54) is 7.28 Å². The Morgan fingerprint density at radius 2 is 1.75 bits per heavy atom. The van der Waals surface area contributed by atoms with Gasteiger partial charge in [-0.25, -0.2) is 0 Å². The van der Waals surface area contributed by atoms with Crippen LogP contribution < -0.4 is 0 Å². The number of rotatable bonds is 0. The van der Waals surface area contributed by atoms with Crippen molar-refractivity contribution >= 4 is 7.28 Å². The van der Waals surface area contributed by atoms with Crippen LogP contribution in [0.15, 0.2) is 0 Å². The van der Waals surface area contributed by atoms with Crippen LogP contribution in [0.4, 0.5) is 0 Å². The minimum atomic E-state index is 1.00. The fourth-order valence-electron chi connectivity index (χ4n) is 0.144. The van der Waals surface area contributed by atoms with E-state index in [1.807, 2.05) is 0 Å². The number of ether oxygens (including phenoxy) is 1. The van der Waals surface area contributed by atoms with E-state index in [-0.39, 0.29) is 0 Å². The molecule has 0 N–H and O–H groups in total. The first-order chi connectivity index (χ1) is 2.00. The highest BCUT2D eigenvalue weighted by Gasteiger charge is 1.98. The monoisotopic (exact) mass is 56.0 g/mol. The molecular weight excluding hydrogens is 50.8 g/mol.